The van der Waals surface area contributed by atoms with Crippen molar-refractivity contribution < 1.29 is 4.74 Å². The van der Waals surface area contributed by atoms with Gasteiger partial charge in [-0.05, 0) is 25.3 Å². The van der Waals surface area contributed by atoms with Gasteiger partial charge in [0.05, 0.1) is 0 Å². The number of rotatable bonds is 7. The van der Waals surface area contributed by atoms with E-state index in [9.17, 15) is 0 Å². The molecular formula is C16H20N2O. The van der Waals surface area contributed by atoms with Crippen molar-refractivity contribution in [2.75, 3.05) is 13.2 Å². The minimum atomic E-state index is 0.0899. The largest absolute Gasteiger partial charge is 0.478 e. The number of hydrogen-bond acceptors (Lipinski definition) is 3. The van der Waals surface area contributed by atoms with Crippen LogP contribution in [-0.2, 0) is 0 Å². The molecule has 1 fully saturated rings. The summed E-state index contributed by atoms with van der Waals surface area (Å²) in [6, 6.07) is 10.6. The molecule has 3 heteroatoms. The minimum Gasteiger partial charge on any atom is -0.478 e. The Morgan fingerprint density at radius 3 is 2.95 bits per heavy atom. The maximum atomic E-state index is 8.60. The lowest BCUT2D eigenvalue weighted by atomic mass is 10.1. The quantitative estimate of drug-likeness (QED) is 0.815. The third-order valence-corrected chi connectivity index (χ3v) is 3.22. The highest BCUT2D eigenvalue weighted by atomic mass is 16.5. The lowest BCUT2D eigenvalue weighted by Crippen LogP contribution is -2.18. The van der Waals surface area contributed by atoms with Crippen LogP contribution in [0.2, 0.25) is 0 Å². The number of nitrogens with one attached hydrogen (secondary N) is 1. The van der Waals surface area contributed by atoms with Crippen LogP contribution in [0.3, 0.4) is 0 Å². The van der Waals surface area contributed by atoms with E-state index in [1.165, 1.54) is 18.4 Å². The fraction of sp³-hybridized carbons (Fsp3) is 0.438. The molecule has 0 heterocycles. The molecule has 19 heavy (non-hydrogen) atoms. The van der Waals surface area contributed by atoms with Gasteiger partial charge in [-0.3, -0.25) is 0 Å². The molecule has 1 aliphatic rings. The van der Waals surface area contributed by atoms with Gasteiger partial charge >= 0.3 is 0 Å². The fourth-order valence-corrected chi connectivity index (χ4v) is 1.90. The third-order valence-electron chi connectivity index (χ3n) is 3.22. The van der Waals surface area contributed by atoms with Gasteiger partial charge in [0.25, 0.3) is 0 Å². The lowest BCUT2D eigenvalue weighted by molar-refractivity contribution is 0.367. The van der Waals surface area contributed by atoms with Crippen LogP contribution in [0.25, 0.3) is 6.08 Å². The smallest absolute Gasteiger partial charge is 0.174 e. The Morgan fingerprint density at radius 1 is 1.47 bits per heavy atom. The van der Waals surface area contributed by atoms with E-state index in [1.54, 1.807) is 0 Å². The van der Waals surface area contributed by atoms with Gasteiger partial charge in [0.15, 0.2) is 6.61 Å². The van der Waals surface area contributed by atoms with E-state index in [4.69, 9.17) is 10.00 Å². The predicted octanol–water partition coefficient (Wildman–Crippen LogP) is 3.13. The van der Waals surface area contributed by atoms with E-state index in [0.29, 0.717) is 0 Å². The first-order valence-corrected chi connectivity index (χ1v) is 6.85. The summed E-state index contributed by atoms with van der Waals surface area (Å²) in [7, 11) is 0. The van der Waals surface area contributed by atoms with Gasteiger partial charge < -0.3 is 10.1 Å². The fourth-order valence-electron chi connectivity index (χ4n) is 1.90. The van der Waals surface area contributed by atoms with E-state index in [2.05, 4.69) is 18.3 Å². The second kappa shape index (κ2) is 6.96. The van der Waals surface area contributed by atoms with Crippen molar-refractivity contribution in [2.45, 2.75) is 32.2 Å². The van der Waals surface area contributed by atoms with Crippen LogP contribution in [0, 0.1) is 11.3 Å². The maximum absolute atomic E-state index is 8.60. The molecule has 0 aliphatic heterocycles. The molecule has 3 nitrogen and oxygen atoms in total. The molecule has 1 aliphatic carbocycles. The zero-order chi connectivity index (χ0) is 13.5. The van der Waals surface area contributed by atoms with Crippen molar-refractivity contribution in [3.05, 3.63) is 35.4 Å². The van der Waals surface area contributed by atoms with E-state index >= 15 is 0 Å². The normalized spacial score (nSPS) is 15.1. The van der Waals surface area contributed by atoms with Crippen molar-refractivity contribution in [1.82, 2.24) is 5.32 Å². The van der Waals surface area contributed by atoms with Crippen LogP contribution in [0.4, 0.5) is 0 Å². The Bertz CT molecular complexity index is 484. The van der Waals surface area contributed by atoms with Crippen molar-refractivity contribution in [3.63, 3.8) is 0 Å². The number of para-hydroxylation sites is 1. The second-order valence-electron chi connectivity index (χ2n) is 4.80. The van der Waals surface area contributed by atoms with Gasteiger partial charge in [-0.25, -0.2) is 0 Å². The first kappa shape index (κ1) is 13.6. The SMILES string of the molecule is CCC(=Cc1ccccc1OCC#N)CNC1CC1. The summed E-state index contributed by atoms with van der Waals surface area (Å²) in [4.78, 5) is 0. The van der Waals surface area contributed by atoms with Gasteiger partial charge in [0, 0.05) is 18.2 Å². The molecule has 0 aromatic heterocycles. The molecule has 1 aromatic carbocycles. The molecule has 1 saturated carbocycles. The first-order chi connectivity index (χ1) is 9.33. The Hall–Kier alpha value is -1.79. The Balaban J connectivity index is 2.07. The van der Waals surface area contributed by atoms with Crippen LogP contribution in [0.5, 0.6) is 5.75 Å². The standard InChI is InChI=1S/C16H20N2O/c1-2-13(12-18-15-7-8-15)11-14-5-3-4-6-16(14)19-10-9-17/h3-6,11,15,18H,2,7-8,10,12H2,1H3. The Kier molecular flexibility index (Phi) is 5.00. The van der Waals surface area contributed by atoms with Crippen LogP contribution >= 0.6 is 0 Å². The summed E-state index contributed by atoms with van der Waals surface area (Å²) in [5, 5.41) is 12.1. The van der Waals surface area contributed by atoms with E-state index in [1.807, 2.05) is 30.3 Å². The van der Waals surface area contributed by atoms with Gasteiger partial charge in [-0.1, -0.05) is 36.8 Å². The summed E-state index contributed by atoms with van der Waals surface area (Å²) < 4.78 is 5.44. The first-order valence-electron chi connectivity index (χ1n) is 6.85. The zero-order valence-electron chi connectivity index (χ0n) is 11.4. The highest BCUT2D eigenvalue weighted by Gasteiger charge is 2.20. The summed E-state index contributed by atoms with van der Waals surface area (Å²) in [6.07, 6.45) is 5.80. The lowest BCUT2D eigenvalue weighted by Gasteiger charge is -2.09. The summed E-state index contributed by atoms with van der Waals surface area (Å²) in [5.41, 5.74) is 2.41. The molecule has 1 N–H and O–H groups in total. The average Bonchev–Trinajstić information content (AvgIpc) is 3.26. The predicted molar refractivity (Wildman–Crippen MR) is 76.8 cm³/mol. The molecule has 0 atom stereocenters. The number of ether oxygens (including phenoxy) is 1. The molecule has 0 amide bonds. The molecule has 0 saturated heterocycles. The Labute approximate surface area is 114 Å². The zero-order valence-corrected chi connectivity index (χ0v) is 11.4. The van der Waals surface area contributed by atoms with Crippen molar-refractivity contribution in [1.29, 1.82) is 5.26 Å². The minimum absolute atomic E-state index is 0.0899. The maximum Gasteiger partial charge on any atom is 0.174 e. The topological polar surface area (TPSA) is 45.0 Å². The highest BCUT2D eigenvalue weighted by Crippen LogP contribution is 2.23. The van der Waals surface area contributed by atoms with Gasteiger partial charge in [-0.15, -0.1) is 0 Å². The van der Waals surface area contributed by atoms with Crippen LogP contribution in [0.15, 0.2) is 29.8 Å². The Morgan fingerprint density at radius 2 is 2.26 bits per heavy atom. The second-order valence-corrected chi connectivity index (χ2v) is 4.80. The van der Waals surface area contributed by atoms with Crippen LogP contribution in [0.1, 0.15) is 31.7 Å². The van der Waals surface area contributed by atoms with Crippen LogP contribution in [-0.4, -0.2) is 19.2 Å². The number of nitrogens with zero attached hydrogens (tertiary/aromatic N) is 1. The van der Waals surface area contributed by atoms with Crippen molar-refractivity contribution in [2.24, 2.45) is 0 Å². The molecule has 0 spiro atoms. The number of hydrogen-bond donors (Lipinski definition) is 1. The van der Waals surface area contributed by atoms with Crippen molar-refractivity contribution in [3.8, 4) is 11.8 Å². The molecule has 2 rings (SSSR count). The van der Waals surface area contributed by atoms with Crippen LogP contribution < -0.4 is 10.1 Å². The van der Waals surface area contributed by atoms with Gasteiger partial charge in [0.2, 0.25) is 0 Å². The average molecular weight is 256 g/mol. The summed E-state index contributed by atoms with van der Waals surface area (Å²) in [6.45, 7) is 3.19. The van der Waals surface area contributed by atoms with Crippen molar-refractivity contribution >= 4 is 6.08 Å². The van der Waals surface area contributed by atoms with E-state index in [-0.39, 0.29) is 6.61 Å². The molecule has 0 radical (unpaired) electrons. The third kappa shape index (κ3) is 4.42. The molecule has 100 valence electrons. The molecule has 0 bridgehead atoms. The number of benzene rings is 1. The monoisotopic (exact) mass is 256 g/mol. The summed E-state index contributed by atoms with van der Waals surface area (Å²) >= 11 is 0. The number of nitriles is 1. The molecule has 1 aromatic rings. The van der Waals surface area contributed by atoms with Gasteiger partial charge in [0.1, 0.15) is 11.8 Å². The van der Waals surface area contributed by atoms with E-state index < -0.39 is 0 Å². The summed E-state index contributed by atoms with van der Waals surface area (Å²) in [5.74, 6) is 0.779. The molecular weight excluding hydrogens is 236 g/mol. The van der Waals surface area contributed by atoms with E-state index in [0.717, 1.165) is 30.3 Å². The molecule has 0 unspecified atom stereocenters. The highest BCUT2D eigenvalue weighted by molar-refractivity contribution is 5.60. The van der Waals surface area contributed by atoms with Gasteiger partial charge in [-0.2, -0.15) is 5.26 Å².